The van der Waals surface area contributed by atoms with Gasteiger partial charge < -0.3 is 9.64 Å². The number of nitrogens with one attached hydrogen (secondary N) is 1. The van der Waals surface area contributed by atoms with Crippen LogP contribution >= 0.6 is 11.6 Å². The molecule has 0 aliphatic carbocycles. The van der Waals surface area contributed by atoms with Gasteiger partial charge in [-0.2, -0.15) is 0 Å². The average Bonchev–Trinajstić information content (AvgIpc) is 3.23. The number of benzene rings is 2. The summed E-state index contributed by atoms with van der Waals surface area (Å²) in [4.78, 5) is 27.2. The number of nitrogens with zero attached hydrogens (tertiary/aromatic N) is 2. The van der Waals surface area contributed by atoms with Crippen molar-refractivity contribution in [2.24, 2.45) is 5.92 Å². The number of rotatable bonds is 5. The highest BCUT2D eigenvalue weighted by Gasteiger charge is 2.34. The molecule has 1 N–H and O–H groups in total. The lowest BCUT2D eigenvalue weighted by Gasteiger charge is -2.34. The summed E-state index contributed by atoms with van der Waals surface area (Å²) < 4.78 is 31.9. The third-order valence-electron chi connectivity index (χ3n) is 6.69. The number of likely N-dealkylation sites (tertiary alicyclic amines) is 1. The van der Waals surface area contributed by atoms with Gasteiger partial charge in [-0.05, 0) is 81.5 Å². The van der Waals surface area contributed by atoms with Gasteiger partial charge in [-0.3, -0.25) is 10.2 Å². The Morgan fingerprint density at radius 3 is 2.39 bits per heavy atom. The third kappa shape index (κ3) is 6.49. The summed E-state index contributed by atoms with van der Waals surface area (Å²) in [6, 6.07) is 10.1. The molecule has 0 aromatic heterocycles. The largest absolute Gasteiger partial charge is 0.444 e. The number of sulfone groups is 1. The second kappa shape index (κ2) is 10.6. The normalized spacial score (nSPS) is 20.0. The Balaban J connectivity index is 1.34. The summed E-state index contributed by atoms with van der Waals surface area (Å²) in [5.74, 6) is -0.414. The molecule has 2 aromatic carbocycles. The molecule has 10 heteroatoms. The van der Waals surface area contributed by atoms with Gasteiger partial charge in [0.25, 0.3) is 0 Å². The molecule has 1 atom stereocenters. The van der Waals surface area contributed by atoms with Crippen LogP contribution in [0.2, 0.25) is 5.02 Å². The molecular formula is C26H34ClN3O5S. The first kappa shape index (κ1) is 26.7. The number of ether oxygens (including phenoxy) is 1. The van der Waals surface area contributed by atoms with E-state index < -0.39 is 15.4 Å². The highest BCUT2D eigenvalue weighted by atomic mass is 35.5. The van der Waals surface area contributed by atoms with E-state index >= 15 is 0 Å². The fraction of sp³-hybridized carbons (Fsp3) is 0.538. The molecule has 4 rings (SSSR count). The van der Waals surface area contributed by atoms with Gasteiger partial charge >= 0.3 is 6.09 Å². The summed E-state index contributed by atoms with van der Waals surface area (Å²) in [6.07, 6.45) is 2.24. The molecule has 0 radical (unpaired) electrons. The second-order valence-electron chi connectivity index (χ2n) is 10.6. The average molecular weight is 536 g/mol. The van der Waals surface area contributed by atoms with Gasteiger partial charge in [-0.25, -0.2) is 18.2 Å². The molecule has 2 aliphatic heterocycles. The lowest BCUT2D eigenvalue weighted by molar-refractivity contribution is -0.131. The van der Waals surface area contributed by atoms with Gasteiger partial charge in [-0.15, -0.1) is 0 Å². The number of halogens is 1. The molecule has 8 nitrogen and oxygen atoms in total. The third-order valence-corrected chi connectivity index (χ3v) is 8.72. The standard InChI is InChI=1S/C26H34ClN3O5S/c1-26(2,3)35-25(32)29-13-10-18(11-14-29)24(31)28-30-12-4-5-22(30)17-36(33,34)23-9-7-19-15-21(27)8-6-20(19)16-23/h6-9,15-16,18,22H,4-5,10-14,17H2,1-3H3,(H,28,31). The van der Waals surface area contributed by atoms with Crippen molar-refractivity contribution in [3.8, 4) is 0 Å². The zero-order valence-corrected chi connectivity index (χ0v) is 22.6. The van der Waals surface area contributed by atoms with Crippen molar-refractivity contribution >= 4 is 44.2 Å². The lowest BCUT2D eigenvalue weighted by atomic mass is 9.96. The van der Waals surface area contributed by atoms with E-state index in [2.05, 4.69) is 5.43 Å². The fourth-order valence-corrected chi connectivity index (χ4v) is 6.59. The van der Waals surface area contributed by atoms with E-state index in [1.54, 1.807) is 40.2 Å². The van der Waals surface area contributed by atoms with Gasteiger partial charge in [0.1, 0.15) is 5.60 Å². The molecule has 1 unspecified atom stereocenters. The van der Waals surface area contributed by atoms with E-state index in [1.165, 1.54) is 0 Å². The Labute approximate surface area is 217 Å². The Morgan fingerprint density at radius 1 is 1.03 bits per heavy atom. The van der Waals surface area contributed by atoms with Gasteiger partial charge in [-0.1, -0.05) is 23.7 Å². The SMILES string of the molecule is CC(C)(C)OC(=O)N1CCC(C(=O)NN2CCCC2CS(=O)(=O)c2ccc3cc(Cl)ccc3c2)CC1. The van der Waals surface area contributed by atoms with Gasteiger partial charge in [0.15, 0.2) is 9.84 Å². The topological polar surface area (TPSA) is 96.0 Å². The van der Waals surface area contributed by atoms with Crippen LogP contribution in [-0.2, 0) is 19.4 Å². The van der Waals surface area contributed by atoms with Crippen molar-refractivity contribution in [2.45, 2.75) is 63.0 Å². The maximum absolute atomic E-state index is 13.2. The van der Waals surface area contributed by atoms with Gasteiger partial charge in [0.05, 0.1) is 10.6 Å². The van der Waals surface area contributed by atoms with Crippen LogP contribution in [0.4, 0.5) is 4.79 Å². The van der Waals surface area contributed by atoms with Crippen molar-refractivity contribution in [3.63, 3.8) is 0 Å². The van der Waals surface area contributed by atoms with Crippen LogP contribution in [0.25, 0.3) is 10.8 Å². The van der Waals surface area contributed by atoms with E-state index in [1.807, 2.05) is 26.8 Å². The Bertz CT molecular complexity index is 1240. The highest BCUT2D eigenvalue weighted by molar-refractivity contribution is 7.91. The summed E-state index contributed by atoms with van der Waals surface area (Å²) >= 11 is 6.04. The first-order valence-corrected chi connectivity index (χ1v) is 14.4. The molecule has 196 valence electrons. The van der Waals surface area contributed by atoms with Crippen molar-refractivity contribution in [3.05, 3.63) is 41.4 Å². The predicted molar refractivity (Wildman–Crippen MR) is 139 cm³/mol. The molecule has 2 aromatic rings. The number of carbonyl (C=O) groups is 2. The number of amides is 2. The lowest BCUT2D eigenvalue weighted by Crippen LogP contribution is -2.51. The van der Waals surface area contributed by atoms with Crippen LogP contribution in [0.5, 0.6) is 0 Å². The smallest absolute Gasteiger partial charge is 0.410 e. The van der Waals surface area contributed by atoms with E-state index in [0.29, 0.717) is 43.9 Å². The monoisotopic (exact) mass is 535 g/mol. The number of fused-ring (bicyclic) bond motifs is 1. The Morgan fingerprint density at radius 2 is 1.69 bits per heavy atom. The predicted octanol–water partition coefficient (Wildman–Crippen LogP) is 4.41. The molecule has 36 heavy (non-hydrogen) atoms. The molecule has 2 amide bonds. The van der Waals surface area contributed by atoms with E-state index in [0.717, 1.165) is 17.2 Å². The minimum absolute atomic E-state index is 0.0660. The molecule has 2 saturated heterocycles. The molecule has 2 fully saturated rings. The number of hydrogen-bond donors (Lipinski definition) is 1. The van der Waals surface area contributed by atoms with Crippen LogP contribution in [0, 0.1) is 5.92 Å². The van der Waals surface area contributed by atoms with Crippen molar-refractivity contribution < 1.29 is 22.7 Å². The van der Waals surface area contributed by atoms with Crippen molar-refractivity contribution in [1.82, 2.24) is 15.3 Å². The Kier molecular flexibility index (Phi) is 7.83. The summed E-state index contributed by atoms with van der Waals surface area (Å²) in [7, 11) is -3.55. The number of hydrogen-bond acceptors (Lipinski definition) is 6. The van der Waals surface area contributed by atoms with Crippen molar-refractivity contribution in [2.75, 3.05) is 25.4 Å². The minimum Gasteiger partial charge on any atom is -0.444 e. The number of piperidine rings is 1. The van der Waals surface area contributed by atoms with Gasteiger partial charge in [0, 0.05) is 36.6 Å². The Hall–Kier alpha value is -2.36. The maximum atomic E-state index is 13.2. The van der Waals surface area contributed by atoms with E-state index in [4.69, 9.17) is 16.3 Å². The molecule has 2 aliphatic rings. The number of carbonyl (C=O) groups excluding carboxylic acids is 2. The van der Waals surface area contributed by atoms with E-state index in [9.17, 15) is 18.0 Å². The zero-order chi connectivity index (χ0) is 26.1. The molecule has 0 bridgehead atoms. The van der Waals surface area contributed by atoms with E-state index in [-0.39, 0.29) is 34.6 Å². The molecule has 0 saturated carbocycles. The first-order valence-electron chi connectivity index (χ1n) is 12.4. The van der Waals surface area contributed by atoms with Crippen LogP contribution < -0.4 is 5.43 Å². The molecule has 2 heterocycles. The first-order chi connectivity index (χ1) is 16.9. The summed E-state index contributed by atoms with van der Waals surface area (Å²) in [6.45, 7) is 7.00. The molecular weight excluding hydrogens is 502 g/mol. The minimum atomic E-state index is -3.55. The zero-order valence-electron chi connectivity index (χ0n) is 21.0. The van der Waals surface area contributed by atoms with Crippen LogP contribution in [0.3, 0.4) is 0 Å². The quantitative estimate of drug-likeness (QED) is 0.609. The summed E-state index contributed by atoms with van der Waals surface area (Å²) in [5, 5.41) is 4.08. The maximum Gasteiger partial charge on any atom is 0.410 e. The second-order valence-corrected chi connectivity index (χ2v) is 13.1. The molecule has 0 spiro atoms. The van der Waals surface area contributed by atoms with Crippen LogP contribution in [0.15, 0.2) is 41.3 Å². The highest BCUT2D eigenvalue weighted by Crippen LogP contribution is 2.26. The van der Waals surface area contributed by atoms with Gasteiger partial charge in [0.2, 0.25) is 5.91 Å². The fourth-order valence-electron chi connectivity index (χ4n) is 4.78. The van der Waals surface area contributed by atoms with Crippen LogP contribution in [0.1, 0.15) is 46.5 Å². The number of hydrazine groups is 1. The summed E-state index contributed by atoms with van der Waals surface area (Å²) in [5.41, 5.74) is 2.41. The van der Waals surface area contributed by atoms with Crippen molar-refractivity contribution in [1.29, 1.82) is 0 Å². The van der Waals surface area contributed by atoms with Crippen LogP contribution in [-0.4, -0.2) is 67.4 Å².